The molecule has 0 amide bonds. The van der Waals surface area contributed by atoms with E-state index in [1.807, 2.05) is 74.5 Å². The third-order valence-corrected chi connectivity index (χ3v) is 4.42. The summed E-state index contributed by atoms with van der Waals surface area (Å²) < 4.78 is 3.58. The highest BCUT2D eigenvalue weighted by molar-refractivity contribution is 5.88. The Balaban J connectivity index is 2.04. The van der Waals surface area contributed by atoms with Gasteiger partial charge in [0.25, 0.3) is 5.56 Å². The molecule has 0 radical (unpaired) electrons. The van der Waals surface area contributed by atoms with E-state index in [0.29, 0.717) is 0 Å². The van der Waals surface area contributed by atoms with Gasteiger partial charge in [-0.2, -0.15) is 9.78 Å². The van der Waals surface area contributed by atoms with Gasteiger partial charge >= 0.3 is 0 Å². The number of hydrogen-bond donors (Lipinski definition) is 0. The Morgan fingerprint density at radius 2 is 1.38 bits per heavy atom. The smallest absolute Gasteiger partial charge is 0.281 e. The lowest BCUT2D eigenvalue weighted by atomic mass is 10.2. The molecule has 0 aliphatic carbocycles. The van der Waals surface area contributed by atoms with Crippen LogP contribution in [0, 0.1) is 13.8 Å². The van der Waals surface area contributed by atoms with Gasteiger partial charge in [-0.05, 0) is 38.1 Å². The molecule has 0 saturated carbocycles. The maximum atomic E-state index is 13.0. The molecular formula is C20H17N3O. The minimum atomic E-state index is -0.0889. The Hall–Kier alpha value is -3.14. The number of aromatic nitrogens is 3. The fourth-order valence-corrected chi connectivity index (χ4v) is 3.28. The van der Waals surface area contributed by atoms with E-state index in [-0.39, 0.29) is 5.56 Å². The molecule has 2 aromatic heterocycles. The first-order valence-electron chi connectivity index (χ1n) is 7.89. The molecule has 0 aliphatic heterocycles. The van der Waals surface area contributed by atoms with Crippen molar-refractivity contribution in [2.45, 2.75) is 13.8 Å². The van der Waals surface area contributed by atoms with E-state index < -0.39 is 0 Å². The van der Waals surface area contributed by atoms with Crippen LogP contribution in [0.5, 0.6) is 0 Å². The summed E-state index contributed by atoms with van der Waals surface area (Å²) in [6, 6.07) is 19.6. The van der Waals surface area contributed by atoms with Crippen molar-refractivity contribution in [1.29, 1.82) is 0 Å². The van der Waals surface area contributed by atoms with Crippen molar-refractivity contribution in [3.8, 4) is 11.4 Å². The molecule has 4 heteroatoms. The van der Waals surface area contributed by atoms with Crippen LogP contribution in [0.25, 0.3) is 22.1 Å². The summed E-state index contributed by atoms with van der Waals surface area (Å²) in [5, 5.41) is 5.99. The fourth-order valence-electron chi connectivity index (χ4n) is 3.28. The van der Waals surface area contributed by atoms with Crippen molar-refractivity contribution in [1.82, 2.24) is 14.3 Å². The van der Waals surface area contributed by atoms with Crippen LogP contribution in [0.1, 0.15) is 11.4 Å². The summed E-state index contributed by atoms with van der Waals surface area (Å²) in [6.45, 7) is 4.01. The Kier molecular flexibility index (Phi) is 3.31. The second-order valence-corrected chi connectivity index (χ2v) is 5.83. The lowest BCUT2D eigenvalue weighted by Gasteiger charge is -2.08. The number of fused-ring (bicyclic) bond motifs is 1. The quantitative estimate of drug-likeness (QED) is 0.564. The summed E-state index contributed by atoms with van der Waals surface area (Å²) in [5.74, 6) is 0. The van der Waals surface area contributed by atoms with Gasteiger partial charge in [-0.15, -0.1) is 0 Å². The molecule has 4 rings (SSSR count). The van der Waals surface area contributed by atoms with E-state index in [1.54, 1.807) is 6.20 Å². The number of nitrogens with zero attached hydrogens (tertiary/aromatic N) is 3. The molecule has 0 N–H and O–H groups in total. The second kappa shape index (κ2) is 5.49. The largest absolute Gasteiger partial charge is 0.317 e. The molecule has 4 aromatic rings. The van der Waals surface area contributed by atoms with Crippen molar-refractivity contribution in [3.63, 3.8) is 0 Å². The van der Waals surface area contributed by atoms with Gasteiger partial charge in [-0.25, -0.2) is 0 Å². The number of aryl methyl sites for hydroxylation is 2. The van der Waals surface area contributed by atoms with Gasteiger partial charge in [0, 0.05) is 22.5 Å². The highest BCUT2D eigenvalue weighted by Gasteiger charge is 2.17. The van der Waals surface area contributed by atoms with Crippen LogP contribution < -0.4 is 5.56 Å². The zero-order chi connectivity index (χ0) is 16.7. The molecule has 118 valence electrons. The van der Waals surface area contributed by atoms with Gasteiger partial charge < -0.3 is 4.57 Å². The van der Waals surface area contributed by atoms with Gasteiger partial charge in [-0.3, -0.25) is 4.79 Å². The summed E-state index contributed by atoms with van der Waals surface area (Å²) >= 11 is 0. The number of hydrogen-bond acceptors (Lipinski definition) is 2. The number of benzene rings is 2. The minimum Gasteiger partial charge on any atom is -0.317 e. The van der Waals surface area contributed by atoms with Gasteiger partial charge in [0.2, 0.25) is 0 Å². The van der Waals surface area contributed by atoms with Gasteiger partial charge in [0.05, 0.1) is 17.3 Å². The van der Waals surface area contributed by atoms with E-state index in [0.717, 1.165) is 33.5 Å². The zero-order valence-corrected chi connectivity index (χ0v) is 13.6. The van der Waals surface area contributed by atoms with Crippen LogP contribution in [-0.2, 0) is 0 Å². The molecule has 4 nitrogen and oxygen atoms in total. The summed E-state index contributed by atoms with van der Waals surface area (Å²) in [4.78, 5) is 13.0. The second-order valence-electron chi connectivity index (χ2n) is 5.83. The topological polar surface area (TPSA) is 39.8 Å². The zero-order valence-electron chi connectivity index (χ0n) is 13.6. The molecule has 0 spiro atoms. The first kappa shape index (κ1) is 14.5. The standard InChI is InChI=1S/C20H17N3O/c1-14-18-13-21-23(17-11-7-4-8-12-17)20(24)19(18)15(2)22(14)16-9-5-3-6-10-16/h3-13H,1-2H3. The van der Waals surface area contributed by atoms with Gasteiger partial charge in [0.15, 0.2) is 0 Å². The lowest BCUT2D eigenvalue weighted by Crippen LogP contribution is -2.20. The van der Waals surface area contributed by atoms with Gasteiger partial charge in [-0.1, -0.05) is 36.4 Å². The molecule has 0 bridgehead atoms. The minimum absolute atomic E-state index is 0.0889. The van der Waals surface area contributed by atoms with Crippen LogP contribution >= 0.6 is 0 Å². The number of para-hydroxylation sites is 2. The summed E-state index contributed by atoms with van der Waals surface area (Å²) in [7, 11) is 0. The Labute approximate surface area is 139 Å². The van der Waals surface area contributed by atoms with E-state index in [2.05, 4.69) is 9.67 Å². The van der Waals surface area contributed by atoms with Crippen molar-refractivity contribution >= 4 is 10.8 Å². The fraction of sp³-hybridized carbons (Fsp3) is 0.100. The van der Waals surface area contributed by atoms with Gasteiger partial charge in [0.1, 0.15) is 0 Å². The van der Waals surface area contributed by atoms with Crippen molar-refractivity contribution in [2.24, 2.45) is 0 Å². The average molecular weight is 315 g/mol. The highest BCUT2D eigenvalue weighted by atomic mass is 16.1. The molecule has 24 heavy (non-hydrogen) atoms. The van der Waals surface area contributed by atoms with Crippen LogP contribution in [0.4, 0.5) is 0 Å². The Bertz CT molecular complexity index is 1080. The van der Waals surface area contributed by atoms with Crippen molar-refractivity contribution in [2.75, 3.05) is 0 Å². The predicted molar refractivity (Wildman–Crippen MR) is 96.1 cm³/mol. The van der Waals surface area contributed by atoms with Crippen LogP contribution in [-0.4, -0.2) is 14.3 Å². The van der Waals surface area contributed by atoms with Crippen LogP contribution in [0.15, 0.2) is 71.7 Å². The third-order valence-electron chi connectivity index (χ3n) is 4.42. The lowest BCUT2D eigenvalue weighted by molar-refractivity contribution is 0.821. The molecule has 0 atom stereocenters. The summed E-state index contributed by atoms with van der Waals surface area (Å²) in [6.07, 6.45) is 1.78. The SMILES string of the molecule is Cc1c2cnn(-c3ccccc3)c(=O)c2c(C)n1-c1ccccc1. The molecule has 0 saturated heterocycles. The number of rotatable bonds is 2. The van der Waals surface area contributed by atoms with E-state index in [4.69, 9.17) is 0 Å². The average Bonchev–Trinajstić information content (AvgIpc) is 2.88. The molecule has 0 unspecified atom stereocenters. The molecular weight excluding hydrogens is 298 g/mol. The monoisotopic (exact) mass is 315 g/mol. The normalized spacial score (nSPS) is 11.1. The van der Waals surface area contributed by atoms with E-state index in [1.165, 1.54) is 4.68 Å². The maximum absolute atomic E-state index is 13.0. The maximum Gasteiger partial charge on any atom is 0.281 e. The first-order valence-corrected chi connectivity index (χ1v) is 7.89. The molecule has 0 aliphatic rings. The van der Waals surface area contributed by atoms with Crippen molar-refractivity contribution in [3.05, 3.63) is 88.6 Å². The summed E-state index contributed by atoms with van der Waals surface area (Å²) in [5.41, 5.74) is 3.70. The van der Waals surface area contributed by atoms with Crippen molar-refractivity contribution < 1.29 is 0 Å². The Morgan fingerprint density at radius 3 is 2.00 bits per heavy atom. The third kappa shape index (κ3) is 2.07. The Morgan fingerprint density at radius 1 is 0.792 bits per heavy atom. The van der Waals surface area contributed by atoms with E-state index in [9.17, 15) is 4.79 Å². The highest BCUT2D eigenvalue weighted by Crippen LogP contribution is 2.26. The van der Waals surface area contributed by atoms with Crippen LogP contribution in [0.3, 0.4) is 0 Å². The predicted octanol–water partition coefficient (Wildman–Crippen LogP) is 3.79. The molecule has 0 fully saturated rings. The molecule has 2 heterocycles. The first-order chi connectivity index (χ1) is 11.7. The van der Waals surface area contributed by atoms with E-state index >= 15 is 0 Å². The van der Waals surface area contributed by atoms with Crippen LogP contribution in [0.2, 0.25) is 0 Å². The molecule has 2 aromatic carbocycles.